The minimum atomic E-state index is -1.56. The predicted molar refractivity (Wildman–Crippen MR) is 324 cm³/mol. The average molecular weight is 1290 g/mol. The van der Waals surface area contributed by atoms with Gasteiger partial charge in [0.1, 0.15) is 11.5 Å². The first-order valence-corrected chi connectivity index (χ1v) is 30.9. The van der Waals surface area contributed by atoms with Crippen molar-refractivity contribution in [2.24, 2.45) is 0 Å². The lowest BCUT2D eigenvalue weighted by atomic mass is 9.80. The van der Waals surface area contributed by atoms with Gasteiger partial charge in [0.2, 0.25) is 0 Å². The Morgan fingerprint density at radius 1 is 0.513 bits per heavy atom. The van der Waals surface area contributed by atoms with Gasteiger partial charge in [-0.05, 0) is 233 Å². The van der Waals surface area contributed by atoms with Crippen LogP contribution in [0.5, 0.6) is 11.5 Å². The lowest BCUT2D eigenvalue weighted by molar-refractivity contribution is -0.159. The van der Waals surface area contributed by atoms with Gasteiger partial charge in [-0.2, -0.15) is 0 Å². The summed E-state index contributed by atoms with van der Waals surface area (Å²) in [4.78, 5) is 65.2. The summed E-state index contributed by atoms with van der Waals surface area (Å²) in [5.41, 5.74) is 5.30. The van der Waals surface area contributed by atoms with Gasteiger partial charge in [0.25, 0.3) is 0 Å². The van der Waals surface area contributed by atoms with Crippen LogP contribution in [-0.4, -0.2) is 111 Å². The maximum atomic E-state index is 14.6. The van der Waals surface area contributed by atoms with E-state index in [4.69, 9.17) is 18.9 Å². The molecule has 422 valence electrons. The number of esters is 2. The van der Waals surface area contributed by atoms with Crippen molar-refractivity contribution >= 4 is 80.7 Å². The third kappa shape index (κ3) is 16.4. The third-order valence-electron chi connectivity index (χ3n) is 16.6. The molecule has 4 aliphatic heterocycles. The van der Waals surface area contributed by atoms with Crippen LogP contribution in [0.15, 0.2) is 84.9 Å². The van der Waals surface area contributed by atoms with Crippen LogP contribution >= 0.6 is 45.2 Å². The highest BCUT2D eigenvalue weighted by Crippen LogP contribution is 2.43. The molecule has 0 saturated carbocycles. The summed E-state index contributed by atoms with van der Waals surface area (Å²) >= 11 is 4.67. The number of piperidine rings is 4. The highest BCUT2D eigenvalue weighted by molar-refractivity contribution is 14.1. The third-order valence-corrected chi connectivity index (χ3v) is 18.0. The fourth-order valence-corrected chi connectivity index (χ4v) is 13.4. The quantitative estimate of drug-likeness (QED) is 0.0227. The number of carbonyl (C=O) groups is 4. The zero-order valence-electron chi connectivity index (χ0n) is 46.3. The van der Waals surface area contributed by atoms with E-state index in [9.17, 15) is 19.2 Å². The molecule has 4 fully saturated rings. The van der Waals surface area contributed by atoms with E-state index in [0.717, 1.165) is 140 Å². The number of carbonyl (C=O) groups excluding carboxylic acids is 4. The Morgan fingerprint density at radius 2 is 0.872 bits per heavy atom. The molecular weight excluding hydrogens is 1210 g/mol. The summed E-state index contributed by atoms with van der Waals surface area (Å²) in [5.74, 6) is -2.23. The first-order valence-electron chi connectivity index (χ1n) is 28.7. The Kier molecular flexibility index (Phi) is 22.9. The van der Waals surface area contributed by atoms with Crippen molar-refractivity contribution in [2.75, 3.05) is 50.2 Å². The molecule has 0 aliphatic carbocycles. The number of hydrogen-bond acceptors (Lipinski definition) is 12. The minimum Gasteiger partial charge on any atom is -0.495 e. The van der Waals surface area contributed by atoms with E-state index in [2.05, 4.69) is 114 Å². The predicted octanol–water partition coefficient (Wildman–Crippen LogP) is 12.6. The normalized spacial score (nSPS) is 21.1. The smallest absolute Gasteiger partial charge is 0.426 e. The Morgan fingerprint density at radius 3 is 1.23 bits per heavy atom. The van der Waals surface area contributed by atoms with Crippen molar-refractivity contribution in [1.82, 2.24) is 20.4 Å². The van der Waals surface area contributed by atoms with Gasteiger partial charge in [-0.1, -0.05) is 74.9 Å². The Bertz CT molecular complexity index is 2400. The molecule has 4 heterocycles. The van der Waals surface area contributed by atoms with Crippen molar-refractivity contribution < 1.29 is 38.1 Å². The summed E-state index contributed by atoms with van der Waals surface area (Å²) in [5, 5.41) is 7.17. The molecule has 14 nitrogen and oxygen atoms in total. The number of nitrogens with zero attached hydrogens (tertiary/aromatic N) is 4. The van der Waals surface area contributed by atoms with E-state index < -0.39 is 24.1 Å². The number of fused-ring (bicyclic) bond motifs is 4. The molecule has 4 unspecified atom stereocenters. The molecule has 4 aliphatic rings. The number of aryl methyl sites for hydroxylation is 2. The second-order valence-electron chi connectivity index (χ2n) is 22.0. The molecule has 0 spiro atoms. The number of nitrogens with one attached hydrogen (secondary N) is 2. The minimum absolute atomic E-state index is 0.242. The fourth-order valence-electron chi connectivity index (χ4n) is 12.7. The molecule has 78 heavy (non-hydrogen) atoms. The number of amides is 2. The lowest BCUT2D eigenvalue weighted by Crippen LogP contribution is -2.58. The lowest BCUT2D eigenvalue weighted by Gasteiger charge is -2.51. The monoisotopic (exact) mass is 1290 g/mol. The second-order valence-corrected chi connectivity index (χ2v) is 24.5. The van der Waals surface area contributed by atoms with Gasteiger partial charge in [0.05, 0.1) is 25.6 Å². The molecule has 16 heteroatoms. The molecule has 0 radical (unpaired) electrons. The van der Waals surface area contributed by atoms with Crippen molar-refractivity contribution in [1.29, 1.82) is 0 Å². The molecule has 4 aromatic carbocycles. The van der Waals surface area contributed by atoms with Crippen LogP contribution in [0.4, 0.5) is 21.0 Å². The number of methoxy groups -OCH3 is 2. The topological polar surface area (TPSA) is 142 Å². The van der Waals surface area contributed by atoms with Gasteiger partial charge < -0.3 is 29.6 Å². The maximum absolute atomic E-state index is 14.6. The van der Waals surface area contributed by atoms with Gasteiger partial charge in [0, 0.05) is 56.5 Å². The standard InChI is InChI=1S/C62H82I2N6O8/c1-43-19-29-57(75-3)55(35-43)69(53-37-49-15-13-16-50(38-53)67(49)33-11-7-5-9-31-65-41-45-21-25-47(63)26-22-45)61(73)77-59(71)60(72)78-62(74)70(56-36-44(2)20-30-58(56)76-4)54-39-51-17-14-18-52(40-54)68(51)34-12-8-6-10-32-66-42-46-23-27-48(64)28-24-46/h19-30,35-36,49-54,65-66H,5-18,31-34,37-42H2,1-4H3. The summed E-state index contributed by atoms with van der Waals surface area (Å²) in [6.45, 7) is 9.59. The molecule has 2 amide bonds. The number of anilines is 2. The van der Waals surface area contributed by atoms with E-state index in [1.165, 1.54) is 28.1 Å². The Balaban J connectivity index is 0.876. The summed E-state index contributed by atoms with van der Waals surface area (Å²) in [6, 6.07) is 28.7. The number of halogens is 2. The van der Waals surface area contributed by atoms with Crippen LogP contribution in [0.2, 0.25) is 0 Å². The Hall–Kier alpha value is -4.34. The molecule has 4 atom stereocenters. The summed E-state index contributed by atoms with van der Waals surface area (Å²) in [6.07, 6.45) is 16.0. The number of unbranched alkanes of at least 4 members (excludes halogenated alkanes) is 6. The first-order chi connectivity index (χ1) is 37.9. The zero-order chi connectivity index (χ0) is 55.0. The van der Waals surface area contributed by atoms with E-state index in [1.807, 2.05) is 38.1 Å². The van der Waals surface area contributed by atoms with Crippen molar-refractivity contribution in [2.45, 2.75) is 179 Å². The highest BCUT2D eigenvalue weighted by Gasteiger charge is 2.46. The highest BCUT2D eigenvalue weighted by atomic mass is 127. The largest absolute Gasteiger partial charge is 0.495 e. The summed E-state index contributed by atoms with van der Waals surface area (Å²) < 4.78 is 25.1. The molecule has 2 N–H and O–H groups in total. The van der Waals surface area contributed by atoms with Crippen LogP contribution in [-0.2, 0) is 32.2 Å². The molecule has 4 aromatic rings. The molecule has 0 aromatic heterocycles. The molecule has 8 rings (SSSR count). The van der Waals surface area contributed by atoms with Crippen molar-refractivity contribution in [3.63, 3.8) is 0 Å². The fraction of sp³-hybridized carbons (Fsp3) is 0.548. The first kappa shape index (κ1) is 59.8. The molecule has 4 saturated heterocycles. The van der Waals surface area contributed by atoms with Gasteiger partial charge in [-0.15, -0.1) is 0 Å². The van der Waals surface area contributed by atoms with Crippen LogP contribution in [0.1, 0.15) is 138 Å². The number of ether oxygens (including phenoxy) is 4. The van der Waals surface area contributed by atoms with E-state index in [-0.39, 0.29) is 36.3 Å². The van der Waals surface area contributed by atoms with Crippen LogP contribution < -0.4 is 29.9 Å². The van der Waals surface area contributed by atoms with Crippen LogP contribution in [0, 0.1) is 21.0 Å². The van der Waals surface area contributed by atoms with Crippen LogP contribution in [0.25, 0.3) is 0 Å². The maximum Gasteiger partial charge on any atom is 0.426 e. The second kappa shape index (κ2) is 29.9. The van der Waals surface area contributed by atoms with Gasteiger partial charge in [-0.25, -0.2) is 19.2 Å². The van der Waals surface area contributed by atoms with Gasteiger partial charge in [0.15, 0.2) is 0 Å². The average Bonchev–Trinajstić information content (AvgIpc) is 3.54. The summed E-state index contributed by atoms with van der Waals surface area (Å²) in [7, 11) is 3.09. The van der Waals surface area contributed by atoms with Gasteiger partial charge >= 0.3 is 24.1 Å². The van der Waals surface area contributed by atoms with Gasteiger partial charge in [-0.3, -0.25) is 19.6 Å². The number of rotatable bonds is 24. The van der Waals surface area contributed by atoms with E-state index in [1.54, 1.807) is 26.4 Å². The molecule has 4 bridgehead atoms. The van der Waals surface area contributed by atoms with E-state index in [0.29, 0.717) is 48.6 Å². The number of benzene rings is 4. The SMILES string of the molecule is COc1ccc(C)cc1N(C(=O)OC(=O)C(=O)OC(=O)N(c1cc(C)ccc1OC)C1CC2CCCC(C1)N2CCCCCCNCc1ccc(I)cc1)C1CC2CCCC(C1)N2CCCCCCNCc1ccc(I)cc1. The zero-order valence-corrected chi connectivity index (χ0v) is 50.6. The van der Waals surface area contributed by atoms with E-state index >= 15 is 0 Å². The van der Waals surface area contributed by atoms with Crippen molar-refractivity contribution in [3.05, 3.63) is 114 Å². The van der Waals surface area contributed by atoms with Crippen LogP contribution in [0.3, 0.4) is 0 Å². The van der Waals surface area contributed by atoms with Crippen molar-refractivity contribution in [3.8, 4) is 11.5 Å². The number of hydrogen-bond donors (Lipinski definition) is 2. The Labute approximate surface area is 490 Å². The molecular formula is C62H82I2N6O8.